The molecule has 2 rings (SSSR count). The molecule has 2 aromatic rings. The topological polar surface area (TPSA) is 105 Å². The van der Waals surface area contributed by atoms with E-state index in [0.717, 1.165) is 22.3 Å². The molecule has 0 saturated carbocycles. The first-order valence-electron chi connectivity index (χ1n) is 6.58. The Bertz CT molecular complexity index is 1000. The van der Waals surface area contributed by atoms with Gasteiger partial charge in [0.25, 0.3) is 0 Å². The number of aromatic nitrogens is 2. The summed E-state index contributed by atoms with van der Waals surface area (Å²) in [6.07, 6.45) is -3.80. The summed E-state index contributed by atoms with van der Waals surface area (Å²) in [5.41, 5.74) is 3.95. The van der Waals surface area contributed by atoms with Crippen LogP contribution in [0.5, 0.6) is 0 Å². The van der Waals surface area contributed by atoms with Gasteiger partial charge in [-0.3, -0.25) is 4.31 Å². The van der Waals surface area contributed by atoms with E-state index in [0.29, 0.717) is 12.1 Å². The number of rotatable bonds is 3. The molecule has 140 valence electrons. The van der Waals surface area contributed by atoms with Gasteiger partial charge in [-0.15, -0.1) is 0 Å². The summed E-state index contributed by atoms with van der Waals surface area (Å²) in [5, 5.41) is 12.1. The maximum Gasteiger partial charge on any atom is 0.416 e. The van der Waals surface area contributed by atoms with Crippen molar-refractivity contribution in [3.8, 4) is 11.8 Å². The van der Waals surface area contributed by atoms with Crippen LogP contribution in [-0.4, -0.2) is 31.5 Å². The fourth-order valence-corrected chi connectivity index (χ4v) is 3.24. The van der Waals surface area contributed by atoms with Crippen LogP contribution in [-0.2, 0) is 16.2 Å². The van der Waals surface area contributed by atoms with Gasteiger partial charge in [0.15, 0.2) is 11.5 Å². The van der Waals surface area contributed by atoms with E-state index >= 15 is 0 Å². The van der Waals surface area contributed by atoms with Gasteiger partial charge in [-0.05, 0) is 12.1 Å². The molecule has 1 aromatic heterocycles. The molecule has 1 aromatic carbocycles. The number of nitrogen functional groups attached to an aromatic ring is 1. The fourth-order valence-electron chi connectivity index (χ4n) is 2.08. The predicted molar refractivity (Wildman–Crippen MR) is 91.0 cm³/mol. The van der Waals surface area contributed by atoms with Crippen LogP contribution in [0.3, 0.4) is 0 Å². The minimum Gasteiger partial charge on any atom is -0.382 e. The molecule has 0 spiro atoms. The van der Waals surface area contributed by atoms with Crippen LogP contribution in [0.15, 0.2) is 12.1 Å². The average Bonchev–Trinajstić information content (AvgIpc) is 2.80. The summed E-state index contributed by atoms with van der Waals surface area (Å²) in [4.78, 5) is 0. The van der Waals surface area contributed by atoms with E-state index < -0.39 is 31.8 Å². The third-order valence-electron chi connectivity index (χ3n) is 3.37. The number of nitriles is 1. The number of hydrogen-bond acceptors (Lipinski definition) is 5. The van der Waals surface area contributed by atoms with Crippen molar-refractivity contribution in [1.29, 1.82) is 5.26 Å². The normalized spacial score (nSPS) is 12.1. The lowest BCUT2D eigenvalue weighted by atomic mass is 10.2. The Morgan fingerprint density at radius 2 is 1.81 bits per heavy atom. The van der Waals surface area contributed by atoms with Crippen molar-refractivity contribution in [3.05, 3.63) is 33.4 Å². The van der Waals surface area contributed by atoms with Gasteiger partial charge in [-0.1, -0.05) is 23.2 Å². The van der Waals surface area contributed by atoms with Gasteiger partial charge >= 0.3 is 6.18 Å². The zero-order valence-electron chi connectivity index (χ0n) is 13.1. The van der Waals surface area contributed by atoms with Crippen molar-refractivity contribution in [2.75, 3.05) is 23.3 Å². The highest BCUT2D eigenvalue weighted by Crippen LogP contribution is 2.40. The molecule has 0 saturated heterocycles. The summed E-state index contributed by atoms with van der Waals surface area (Å²) >= 11 is 11.8. The Kier molecular flexibility index (Phi) is 5.06. The van der Waals surface area contributed by atoms with E-state index in [-0.39, 0.29) is 22.9 Å². The highest BCUT2D eigenvalue weighted by Gasteiger charge is 2.33. The highest BCUT2D eigenvalue weighted by atomic mass is 35.5. The molecule has 2 N–H and O–H groups in total. The zero-order valence-corrected chi connectivity index (χ0v) is 15.5. The van der Waals surface area contributed by atoms with Crippen molar-refractivity contribution < 1.29 is 21.6 Å². The maximum atomic E-state index is 12.8. The minimum atomic E-state index is -4.68. The Balaban J connectivity index is 2.76. The minimum absolute atomic E-state index is 0.219. The largest absolute Gasteiger partial charge is 0.416 e. The third kappa shape index (κ3) is 3.53. The van der Waals surface area contributed by atoms with Crippen LogP contribution in [0.2, 0.25) is 10.0 Å². The molecule has 26 heavy (non-hydrogen) atoms. The molecule has 0 amide bonds. The molecule has 13 heteroatoms. The highest BCUT2D eigenvalue weighted by molar-refractivity contribution is 7.92. The lowest BCUT2D eigenvalue weighted by molar-refractivity contribution is -0.137. The van der Waals surface area contributed by atoms with Gasteiger partial charge in [-0.2, -0.15) is 23.5 Å². The number of sulfonamides is 1. The first kappa shape index (κ1) is 20.2. The molecule has 7 nitrogen and oxygen atoms in total. The number of benzene rings is 1. The van der Waals surface area contributed by atoms with Crippen molar-refractivity contribution in [1.82, 2.24) is 9.78 Å². The van der Waals surface area contributed by atoms with E-state index in [9.17, 15) is 26.9 Å². The molecular formula is C13H10Cl2F3N5O2S. The number of hydrogen-bond donors (Lipinski definition) is 1. The number of halogens is 5. The summed E-state index contributed by atoms with van der Waals surface area (Å²) in [6, 6.07) is 2.91. The van der Waals surface area contributed by atoms with Crippen LogP contribution in [0.1, 0.15) is 11.3 Å². The summed E-state index contributed by atoms with van der Waals surface area (Å²) in [6.45, 7) is 0. The van der Waals surface area contributed by atoms with Crippen LogP contribution in [0.25, 0.3) is 5.69 Å². The number of nitrogens with two attached hydrogens (primary N) is 1. The second kappa shape index (κ2) is 6.53. The first-order valence-corrected chi connectivity index (χ1v) is 9.18. The summed E-state index contributed by atoms with van der Waals surface area (Å²) in [7, 11) is -2.65. The molecule has 0 aliphatic heterocycles. The Hall–Kier alpha value is -2.16. The Morgan fingerprint density at radius 3 is 2.19 bits per heavy atom. The Labute approximate surface area is 156 Å². The van der Waals surface area contributed by atoms with E-state index in [2.05, 4.69) is 5.10 Å². The second-order valence-electron chi connectivity index (χ2n) is 5.12. The van der Waals surface area contributed by atoms with Gasteiger partial charge in [0, 0.05) is 7.05 Å². The smallest absolute Gasteiger partial charge is 0.382 e. The van der Waals surface area contributed by atoms with Crippen LogP contribution in [0.4, 0.5) is 24.7 Å². The molecule has 0 radical (unpaired) electrons. The van der Waals surface area contributed by atoms with Crippen molar-refractivity contribution in [2.45, 2.75) is 6.18 Å². The number of alkyl halides is 3. The van der Waals surface area contributed by atoms with Gasteiger partial charge < -0.3 is 5.73 Å². The molecule has 0 fully saturated rings. The van der Waals surface area contributed by atoms with Crippen LogP contribution < -0.4 is 10.0 Å². The van der Waals surface area contributed by atoms with Crippen molar-refractivity contribution in [3.63, 3.8) is 0 Å². The molecular weight excluding hydrogens is 418 g/mol. The van der Waals surface area contributed by atoms with E-state index in [1.807, 2.05) is 0 Å². The predicted octanol–water partition coefficient (Wildman–Crippen LogP) is 3.05. The monoisotopic (exact) mass is 427 g/mol. The van der Waals surface area contributed by atoms with Gasteiger partial charge in [0.1, 0.15) is 17.4 Å². The lowest BCUT2D eigenvalue weighted by Crippen LogP contribution is -2.26. The quantitative estimate of drug-likeness (QED) is 0.809. The van der Waals surface area contributed by atoms with E-state index in [1.165, 1.54) is 0 Å². The van der Waals surface area contributed by atoms with Crippen molar-refractivity contribution in [2.24, 2.45) is 0 Å². The van der Waals surface area contributed by atoms with Crippen molar-refractivity contribution >= 4 is 44.7 Å². The molecule has 0 bridgehead atoms. The fraction of sp³-hybridized carbons (Fsp3) is 0.231. The maximum absolute atomic E-state index is 12.8. The number of nitrogens with zero attached hydrogens (tertiary/aromatic N) is 4. The van der Waals surface area contributed by atoms with E-state index in [4.69, 9.17) is 28.9 Å². The first-order chi connectivity index (χ1) is 11.8. The van der Waals surface area contributed by atoms with Gasteiger partial charge in [0.2, 0.25) is 10.0 Å². The molecule has 0 aliphatic carbocycles. The summed E-state index contributed by atoms with van der Waals surface area (Å²) in [5.74, 6) is -0.335. The van der Waals surface area contributed by atoms with Gasteiger partial charge in [0.05, 0.1) is 21.9 Å². The third-order valence-corrected chi connectivity index (χ3v) is 5.12. The SMILES string of the molecule is CN(c1c(C#N)nn(-c2c(Cl)cc(C(F)(F)F)cc2Cl)c1N)S(C)(=O)=O. The molecule has 1 heterocycles. The average molecular weight is 428 g/mol. The molecule has 0 atom stereocenters. The standard InChI is InChI=1S/C13H10Cl2F3N5O2S/c1-22(26(2,24)25)11-9(5-19)21-23(12(11)20)10-7(14)3-6(4-8(10)15)13(16,17)18/h3-4H,20H2,1-2H3. The van der Waals surface area contributed by atoms with E-state index in [1.54, 1.807) is 6.07 Å². The molecule has 0 aliphatic rings. The van der Waals surface area contributed by atoms with Gasteiger partial charge in [-0.25, -0.2) is 13.1 Å². The second-order valence-corrected chi connectivity index (χ2v) is 7.95. The zero-order chi connectivity index (χ0) is 20.0. The van der Waals surface area contributed by atoms with Crippen LogP contribution >= 0.6 is 23.2 Å². The lowest BCUT2D eigenvalue weighted by Gasteiger charge is -2.16. The Morgan fingerprint density at radius 1 is 1.31 bits per heavy atom. The summed E-state index contributed by atoms with van der Waals surface area (Å²) < 4.78 is 63.5. The van der Waals surface area contributed by atoms with Crippen LogP contribution in [0, 0.1) is 11.3 Å². The molecule has 0 unspecified atom stereocenters. The number of anilines is 2.